The number of carboxylic acids is 1. The fourth-order valence-corrected chi connectivity index (χ4v) is 6.74. The van der Waals surface area contributed by atoms with E-state index in [2.05, 4.69) is 5.32 Å². The molecule has 1 aromatic rings. The number of rotatable bonds is 4. The molecule has 8 nitrogen and oxygen atoms in total. The zero-order chi connectivity index (χ0) is 25.2. The molecule has 9 heteroatoms. The maximum atomic E-state index is 12.8. The quantitative estimate of drug-likeness (QED) is 0.623. The lowest BCUT2D eigenvalue weighted by atomic mass is 9.81. The van der Waals surface area contributed by atoms with Crippen molar-refractivity contribution in [1.29, 1.82) is 0 Å². The molecule has 0 atom stereocenters. The zero-order valence-electron chi connectivity index (χ0n) is 21.2. The summed E-state index contributed by atoms with van der Waals surface area (Å²) in [5.74, 6) is -0.382. The van der Waals surface area contributed by atoms with Gasteiger partial charge in [-0.15, -0.1) is 11.3 Å². The second-order valence-electron chi connectivity index (χ2n) is 11.3. The average Bonchev–Trinajstić information content (AvgIpc) is 3.11. The van der Waals surface area contributed by atoms with Crippen LogP contribution in [-0.2, 0) is 27.2 Å². The van der Waals surface area contributed by atoms with E-state index in [0.717, 1.165) is 57.1 Å². The molecule has 0 unspecified atom stereocenters. The Balaban J connectivity index is 1.24. The number of aromatic nitrogens is 1. The Kier molecular flexibility index (Phi) is 8.03. The molecule has 194 valence electrons. The van der Waals surface area contributed by atoms with Crippen molar-refractivity contribution >= 4 is 29.3 Å². The van der Waals surface area contributed by atoms with Crippen molar-refractivity contribution in [3.63, 3.8) is 0 Å². The highest BCUT2D eigenvalue weighted by atomic mass is 32.1. The maximum absolute atomic E-state index is 12.8. The third kappa shape index (κ3) is 6.74. The third-order valence-corrected chi connectivity index (χ3v) is 8.86. The van der Waals surface area contributed by atoms with Gasteiger partial charge in [0.1, 0.15) is 5.60 Å². The number of carbonyl (C=O) groups excluding carboxylic acids is 2. The summed E-state index contributed by atoms with van der Waals surface area (Å²) in [7, 11) is 0. The molecule has 2 saturated carbocycles. The molecule has 0 spiro atoms. The van der Waals surface area contributed by atoms with E-state index in [1.165, 1.54) is 9.88 Å². The number of nitrogens with one attached hydrogen (secondary N) is 1. The van der Waals surface area contributed by atoms with Crippen molar-refractivity contribution in [2.75, 3.05) is 13.1 Å². The Morgan fingerprint density at radius 2 is 1.60 bits per heavy atom. The van der Waals surface area contributed by atoms with Crippen LogP contribution in [0.15, 0.2) is 0 Å². The molecular weight excluding hydrogens is 466 g/mol. The van der Waals surface area contributed by atoms with Crippen LogP contribution in [-0.4, -0.2) is 57.7 Å². The summed E-state index contributed by atoms with van der Waals surface area (Å²) in [5, 5.41) is 13.5. The van der Waals surface area contributed by atoms with Crippen molar-refractivity contribution in [3.05, 3.63) is 15.6 Å². The second kappa shape index (κ2) is 10.8. The van der Waals surface area contributed by atoms with Gasteiger partial charge >= 0.3 is 12.1 Å². The van der Waals surface area contributed by atoms with Crippen LogP contribution in [0.5, 0.6) is 0 Å². The number of fused-ring (bicyclic) bond motifs is 1. The number of hydrogen-bond donors (Lipinski definition) is 2. The molecule has 0 saturated heterocycles. The first kappa shape index (κ1) is 25.9. The highest BCUT2D eigenvalue weighted by Gasteiger charge is 2.33. The highest BCUT2D eigenvalue weighted by Crippen LogP contribution is 2.39. The molecule has 0 aromatic carbocycles. The number of hydrogen-bond acceptors (Lipinski definition) is 6. The molecule has 2 amide bonds. The van der Waals surface area contributed by atoms with Crippen LogP contribution < -0.4 is 5.32 Å². The Hall–Kier alpha value is -2.16. The van der Waals surface area contributed by atoms with E-state index in [0.29, 0.717) is 31.8 Å². The van der Waals surface area contributed by atoms with Crippen LogP contribution >= 0.6 is 11.3 Å². The monoisotopic (exact) mass is 505 g/mol. The van der Waals surface area contributed by atoms with Gasteiger partial charge in [-0.2, -0.15) is 0 Å². The molecule has 2 fully saturated rings. The van der Waals surface area contributed by atoms with E-state index in [1.807, 2.05) is 20.8 Å². The van der Waals surface area contributed by atoms with Gasteiger partial charge in [-0.3, -0.25) is 9.59 Å². The third-order valence-electron chi connectivity index (χ3n) is 7.54. The topological polar surface area (TPSA) is 109 Å². The predicted molar refractivity (Wildman–Crippen MR) is 134 cm³/mol. The summed E-state index contributed by atoms with van der Waals surface area (Å²) in [6, 6.07) is 0.116. The molecular formula is C26H39N3O5S. The van der Waals surface area contributed by atoms with Gasteiger partial charge in [-0.25, -0.2) is 9.78 Å². The van der Waals surface area contributed by atoms with Gasteiger partial charge in [0.2, 0.25) is 5.91 Å². The molecule has 2 N–H and O–H groups in total. The van der Waals surface area contributed by atoms with Crippen LogP contribution in [0.25, 0.3) is 0 Å². The molecule has 0 radical (unpaired) electrons. The van der Waals surface area contributed by atoms with Gasteiger partial charge in [0.25, 0.3) is 0 Å². The molecule has 1 aliphatic heterocycles. The lowest BCUT2D eigenvalue weighted by Crippen LogP contribution is -2.42. The van der Waals surface area contributed by atoms with Gasteiger partial charge < -0.3 is 20.1 Å². The standard InChI is InChI=1S/C26H39N3O5S/c1-26(2,3)34-25(33)29-14-12-20-21(13-15-29)35-23(28-20)17-6-4-16(5-7-17)22(30)27-19-10-8-18(9-11-19)24(31)32/h16-19H,4-15H2,1-3H3,(H,27,30)(H,31,32)/t16?,17?,18-,19-. The molecule has 2 aliphatic carbocycles. The minimum Gasteiger partial charge on any atom is -0.481 e. The normalized spacial score (nSPS) is 27.5. The predicted octanol–water partition coefficient (Wildman–Crippen LogP) is 4.51. The SMILES string of the molecule is CC(C)(C)OC(=O)N1CCc2nc(C3CCC(C(=O)N[C@H]4CC[C@H](C(=O)O)CC4)CC3)sc2CC1. The van der Waals surface area contributed by atoms with E-state index in [-0.39, 0.29) is 29.9 Å². The summed E-state index contributed by atoms with van der Waals surface area (Å²) in [6.07, 6.45) is 7.83. The van der Waals surface area contributed by atoms with Crippen LogP contribution in [0.1, 0.15) is 93.6 Å². The zero-order valence-corrected chi connectivity index (χ0v) is 22.0. The number of amides is 2. The van der Waals surface area contributed by atoms with Gasteiger partial charge in [-0.05, 0) is 72.1 Å². The fourth-order valence-electron chi connectivity index (χ4n) is 5.47. The van der Waals surface area contributed by atoms with E-state index < -0.39 is 11.6 Å². The number of carboxylic acid groups (broad SMARTS) is 1. The van der Waals surface area contributed by atoms with Crippen LogP contribution in [0.2, 0.25) is 0 Å². The van der Waals surface area contributed by atoms with Crippen molar-refractivity contribution < 1.29 is 24.2 Å². The first-order valence-corrected chi connectivity index (χ1v) is 13.9. The van der Waals surface area contributed by atoms with Crippen LogP contribution in [0.3, 0.4) is 0 Å². The molecule has 35 heavy (non-hydrogen) atoms. The van der Waals surface area contributed by atoms with E-state index >= 15 is 0 Å². The summed E-state index contributed by atoms with van der Waals surface area (Å²) in [4.78, 5) is 44.4. The van der Waals surface area contributed by atoms with E-state index in [1.54, 1.807) is 16.2 Å². The Morgan fingerprint density at radius 3 is 2.23 bits per heavy atom. The van der Waals surface area contributed by atoms with Crippen molar-refractivity contribution in [2.45, 2.75) is 103 Å². The van der Waals surface area contributed by atoms with Crippen molar-refractivity contribution in [3.8, 4) is 0 Å². The number of nitrogens with zero attached hydrogens (tertiary/aromatic N) is 2. The Bertz CT molecular complexity index is 898. The lowest BCUT2D eigenvalue weighted by molar-refractivity contribution is -0.142. The molecule has 2 heterocycles. The van der Waals surface area contributed by atoms with Crippen molar-refractivity contribution in [2.24, 2.45) is 11.8 Å². The maximum Gasteiger partial charge on any atom is 0.410 e. The lowest BCUT2D eigenvalue weighted by Gasteiger charge is -2.31. The minimum atomic E-state index is -0.715. The van der Waals surface area contributed by atoms with Gasteiger partial charge in [0, 0.05) is 48.7 Å². The van der Waals surface area contributed by atoms with Crippen molar-refractivity contribution in [1.82, 2.24) is 15.2 Å². The van der Waals surface area contributed by atoms with E-state index in [4.69, 9.17) is 14.8 Å². The van der Waals surface area contributed by atoms with Gasteiger partial charge in [0.05, 0.1) is 16.6 Å². The number of thiazole rings is 1. The minimum absolute atomic E-state index is 0.0450. The fraction of sp³-hybridized carbons (Fsp3) is 0.769. The summed E-state index contributed by atoms with van der Waals surface area (Å²) in [6.45, 7) is 6.95. The molecule has 1 aromatic heterocycles. The largest absolute Gasteiger partial charge is 0.481 e. The van der Waals surface area contributed by atoms with E-state index in [9.17, 15) is 14.4 Å². The second-order valence-corrected chi connectivity index (χ2v) is 12.4. The van der Waals surface area contributed by atoms with Gasteiger partial charge in [0.15, 0.2) is 0 Å². The summed E-state index contributed by atoms with van der Waals surface area (Å²) >= 11 is 1.78. The van der Waals surface area contributed by atoms with Gasteiger partial charge in [-0.1, -0.05) is 0 Å². The van der Waals surface area contributed by atoms with Crippen LogP contribution in [0, 0.1) is 11.8 Å². The molecule has 4 rings (SSSR count). The number of carbonyl (C=O) groups is 3. The summed E-state index contributed by atoms with van der Waals surface area (Å²) in [5.41, 5.74) is 0.628. The first-order valence-electron chi connectivity index (χ1n) is 13.1. The van der Waals surface area contributed by atoms with Crippen LogP contribution in [0.4, 0.5) is 4.79 Å². The number of aliphatic carboxylic acids is 1. The Morgan fingerprint density at radius 1 is 0.971 bits per heavy atom. The Labute approximate surface area is 211 Å². The molecule has 3 aliphatic rings. The smallest absolute Gasteiger partial charge is 0.410 e. The number of ether oxygens (including phenoxy) is 1. The highest BCUT2D eigenvalue weighted by molar-refractivity contribution is 7.11. The average molecular weight is 506 g/mol. The molecule has 0 bridgehead atoms. The summed E-state index contributed by atoms with van der Waals surface area (Å²) < 4.78 is 5.53. The first-order chi connectivity index (χ1) is 16.6.